The van der Waals surface area contributed by atoms with Gasteiger partial charge < -0.3 is 0 Å². The molecular weight excluding hydrogens is 450 g/mol. The zero-order chi connectivity index (χ0) is 17.3. The van der Waals surface area contributed by atoms with Crippen molar-refractivity contribution in [2.75, 3.05) is 26.2 Å². The summed E-state index contributed by atoms with van der Waals surface area (Å²) < 4.78 is 3.13. The van der Waals surface area contributed by atoms with Crippen LogP contribution in [0.3, 0.4) is 0 Å². The summed E-state index contributed by atoms with van der Waals surface area (Å²) in [7, 11) is 0. The van der Waals surface area contributed by atoms with E-state index in [0.717, 1.165) is 11.8 Å². The van der Waals surface area contributed by atoms with Crippen LogP contribution in [0, 0.1) is 0 Å². The molecule has 0 atom stereocenters. The second kappa shape index (κ2) is 7.48. The normalized spacial score (nSPS) is 17.5. The van der Waals surface area contributed by atoms with Gasteiger partial charge in [0.05, 0.1) is 0 Å². The fourth-order valence-electron chi connectivity index (χ4n) is 3.65. The molecule has 0 aliphatic carbocycles. The van der Waals surface area contributed by atoms with E-state index >= 15 is 0 Å². The number of nitrogens with one attached hydrogen (secondary N) is 2. The van der Waals surface area contributed by atoms with Crippen molar-refractivity contribution in [2.24, 2.45) is 0 Å². The average Bonchev–Trinajstić information content (AvgIpc) is 3.19. The van der Waals surface area contributed by atoms with Gasteiger partial charge in [0.25, 0.3) is 0 Å². The summed E-state index contributed by atoms with van der Waals surface area (Å²) in [5.74, 6) is 1.59. The molecule has 2 aliphatic rings. The van der Waals surface area contributed by atoms with E-state index in [2.05, 4.69) is 69.0 Å². The Balaban J connectivity index is 0.000000115. The molecule has 26 heavy (non-hydrogen) atoms. The van der Waals surface area contributed by atoms with Crippen LogP contribution in [0.25, 0.3) is 19.3 Å². The van der Waals surface area contributed by atoms with Crippen molar-refractivity contribution < 1.29 is 0 Å². The molecule has 2 aliphatic heterocycles. The van der Waals surface area contributed by atoms with Crippen LogP contribution >= 0.6 is 0 Å². The van der Waals surface area contributed by atoms with Gasteiger partial charge in [-0.2, -0.15) is 0 Å². The predicted octanol–water partition coefficient (Wildman–Crippen LogP) is 3.17. The summed E-state index contributed by atoms with van der Waals surface area (Å²) in [5, 5.41) is 9.71. The topological polar surface area (TPSA) is 24.1 Å². The van der Waals surface area contributed by atoms with Gasteiger partial charge in [-0.05, 0) is 0 Å². The first kappa shape index (κ1) is 17.0. The third kappa shape index (κ3) is 3.16. The summed E-state index contributed by atoms with van der Waals surface area (Å²) in [6.45, 7) is 4.71. The maximum absolute atomic E-state index is 3.34. The third-order valence-electron chi connectivity index (χ3n) is 5.46. The van der Waals surface area contributed by atoms with E-state index in [0.29, 0.717) is 29.0 Å². The molecule has 0 saturated carbocycles. The van der Waals surface area contributed by atoms with Crippen LogP contribution in [0.1, 0.15) is 23.0 Å². The average molecular weight is 472 g/mol. The molecule has 132 valence electrons. The molecule has 2 saturated heterocycles. The molecule has 4 aromatic rings. The molecule has 2 nitrogen and oxygen atoms in total. The summed E-state index contributed by atoms with van der Waals surface area (Å²) in [6.07, 6.45) is 0. The first-order chi connectivity index (χ1) is 12.9. The molecule has 2 aromatic heterocycles. The molecule has 0 spiro atoms. The van der Waals surface area contributed by atoms with Crippen LogP contribution in [0.15, 0.2) is 58.4 Å². The van der Waals surface area contributed by atoms with Gasteiger partial charge in [-0.15, -0.1) is 0 Å². The Kier molecular flexibility index (Phi) is 4.89. The Labute approximate surface area is 166 Å². The number of benzene rings is 2. The molecule has 0 bridgehead atoms. The first-order valence-electron chi connectivity index (χ1n) is 9.24. The number of hydrogen-bond donors (Lipinski definition) is 2. The zero-order valence-corrected chi connectivity index (χ0v) is 18.0. The van der Waals surface area contributed by atoms with Crippen LogP contribution in [0.5, 0.6) is 0 Å². The summed E-state index contributed by atoms with van der Waals surface area (Å²) in [4.78, 5) is 4.92. The molecule has 0 amide bonds. The Morgan fingerprint density at radius 1 is 0.615 bits per heavy atom. The van der Waals surface area contributed by atoms with Gasteiger partial charge >= 0.3 is 166 Å². The van der Waals surface area contributed by atoms with E-state index in [-0.39, 0.29) is 0 Å². The van der Waals surface area contributed by atoms with Crippen molar-refractivity contribution in [3.05, 3.63) is 69.5 Å². The van der Waals surface area contributed by atoms with E-state index in [9.17, 15) is 0 Å². The van der Waals surface area contributed by atoms with Crippen molar-refractivity contribution in [3.63, 3.8) is 0 Å². The summed E-state index contributed by atoms with van der Waals surface area (Å²) in [6, 6.07) is 17.7. The molecule has 6 rings (SSSR count). The molecule has 2 N–H and O–H groups in total. The molecule has 4 heteroatoms. The predicted molar refractivity (Wildman–Crippen MR) is 113 cm³/mol. The Bertz CT molecular complexity index is 941. The van der Waals surface area contributed by atoms with Crippen molar-refractivity contribution in [2.45, 2.75) is 11.8 Å². The fraction of sp³-hybridized carbons (Fsp3) is 0.273. The second-order valence-corrected chi connectivity index (χ2v) is 10.9. The van der Waals surface area contributed by atoms with E-state index in [1.165, 1.54) is 37.0 Å². The number of rotatable bonds is 2. The molecule has 0 radical (unpaired) electrons. The second-order valence-electron chi connectivity index (χ2n) is 7.08. The SMILES string of the molecule is c1ccc2c(C3CNC3)c[se]c2c1.c1ccc2c(C3CNC3)c[se]c2c1. The Morgan fingerprint density at radius 2 is 1.04 bits per heavy atom. The first-order valence-corrected chi connectivity index (χ1v) is 12.9. The standard InChI is InChI=1S/2C11H11NSe/c2*1-2-4-11-9(3-1)10(7-13-11)8-5-12-6-8/h2*1-4,7-8,12H,5-6H2. The minimum absolute atomic E-state index is 0.599. The summed E-state index contributed by atoms with van der Waals surface area (Å²) >= 11 is 1.20. The van der Waals surface area contributed by atoms with Gasteiger partial charge in [0.1, 0.15) is 0 Å². The third-order valence-corrected chi connectivity index (χ3v) is 9.58. The van der Waals surface area contributed by atoms with Crippen LogP contribution < -0.4 is 10.6 Å². The van der Waals surface area contributed by atoms with Crippen LogP contribution in [-0.4, -0.2) is 55.2 Å². The van der Waals surface area contributed by atoms with Gasteiger partial charge in [0, 0.05) is 0 Å². The van der Waals surface area contributed by atoms with Crippen LogP contribution in [-0.2, 0) is 0 Å². The van der Waals surface area contributed by atoms with E-state index in [4.69, 9.17) is 0 Å². The molecular formula is C22H22N2Se2. The molecule has 2 aromatic carbocycles. The van der Waals surface area contributed by atoms with E-state index in [1.807, 2.05) is 0 Å². The molecule has 4 heterocycles. The Morgan fingerprint density at radius 3 is 1.42 bits per heavy atom. The van der Waals surface area contributed by atoms with Gasteiger partial charge in [-0.25, -0.2) is 0 Å². The van der Waals surface area contributed by atoms with Gasteiger partial charge in [0.2, 0.25) is 0 Å². The van der Waals surface area contributed by atoms with Gasteiger partial charge in [0.15, 0.2) is 0 Å². The van der Waals surface area contributed by atoms with Gasteiger partial charge in [-0.1, -0.05) is 0 Å². The quantitative estimate of drug-likeness (QED) is 0.438. The van der Waals surface area contributed by atoms with Crippen molar-refractivity contribution >= 4 is 48.3 Å². The minimum atomic E-state index is 0.599. The monoisotopic (exact) mass is 474 g/mol. The zero-order valence-electron chi connectivity index (χ0n) is 14.6. The molecule has 0 unspecified atom stereocenters. The van der Waals surface area contributed by atoms with E-state index < -0.39 is 0 Å². The van der Waals surface area contributed by atoms with E-state index in [1.54, 1.807) is 19.6 Å². The van der Waals surface area contributed by atoms with Crippen LogP contribution in [0.2, 0.25) is 0 Å². The fourth-order valence-corrected chi connectivity index (χ4v) is 8.02. The van der Waals surface area contributed by atoms with Crippen molar-refractivity contribution in [1.82, 2.24) is 10.6 Å². The van der Waals surface area contributed by atoms with Crippen molar-refractivity contribution in [1.29, 1.82) is 0 Å². The maximum atomic E-state index is 3.34. The number of fused-ring (bicyclic) bond motifs is 2. The van der Waals surface area contributed by atoms with Crippen LogP contribution in [0.4, 0.5) is 0 Å². The number of hydrogen-bond acceptors (Lipinski definition) is 2. The summed E-state index contributed by atoms with van der Waals surface area (Å²) in [5.41, 5.74) is 3.21. The van der Waals surface area contributed by atoms with Crippen molar-refractivity contribution in [3.8, 4) is 0 Å². The van der Waals surface area contributed by atoms with Gasteiger partial charge in [-0.3, -0.25) is 0 Å². The Hall–Kier alpha value is -1.12. The molecule has 2 fully saturated rings.